The monoisotopic (exact) mass is 375 g/mol. The Kier molecular flexibility index (Phi) is 4.89. The molecule has 0 amide bonds. The highest BCUT2D eigenvalue weighted by atomic mass is 19.1. The molecule has 0 saturated carbocycles. The highest BCUT2D eigenvalue weighted by molar-refractivity contribution is 6.17. The molecular weight excluding hydrogens is 360 g/mol. The van der Waals surface area contributed by atoms with Crippen LogP contribution in [0.2, 0.25) is 0 Å². The van der Waals surface area contributed by atoms with Gasteiger partial charge in [-0.15, -0.1) is 0 Å². The fourth-order valence-electron chi connectivity index (χ4n) is 2.85. The number of phenols is 1. The molecule has 140 valence electrons. The molecule has 1 aromatic heterocycles. The number of aryl methyl sites for hydroxylation is 1. The van der Waals surface area contributed by atoms with Crippen molar-refractivity contribution >= 4 is 22.4 Å². The van der Waals surface area contributed by atoms with E-state index in [1.807, 2.05) is 6.92 Å². The highest BCUT2D eigenvalue weighted by Crippen LogP contribution is 2.33. The molecular formula is C19H15F2NO5. The van der Waals surface area contributed by atoms with Gasteiger partial charge in [-0.2, -0.15) is 0 Å². The van der Waals surface area contributed by atoms with E-state index in [0.717, 1.165) is 18.6 Å². The second-order valence-corrected chi connectivity index (χ2v) is 6.06. The number of nitrogens with zero attached hydrogens (tertiary/aromatic N) is 1. The van der Waals surface area contributed by atoms with E-state index in [1.165, 1.54) is 18.2 Å². The lowest BCUT2D eigenvalue weighted by Gasteiger charge is -2.05. The van der Waals surface area contributed by atoms with Crippen LogP contribution in [0.4, 0.5) is 14.5 Å². The Morgan fingerprint density at radius 3 is 2.48 bits per heavy atom. The van der Waals surface area contributed by atoms with E-state index in [9.17, 15) is 28.8 Å². The Bertz CT molecular complexity index is 1030. The third kappa shape index (κ3) is 3.38. The van der Waals surface area contributed by atoms with Gasteiger partial charge in [0.1, 0.15) is 11.3 Å². The average molecular weight is 375 g/mol. The summed E-state index contributed by atoms with van der Waals surface area (Å²) in [5.74, 6) is -4.16. The molecule has 0 fully saturated rings. The van der Waals surface area contributed by atoms with Crippen molar-refractivity contribution in [2.45, 2.75) is 26.2 Å². The summed E-state index contributed by atoms with van der Waals surface area (Å²) in [5.41, 5.74) is -0.251. The minimum Gasteiger partial charge on any atom is -0.503 e. The first-order chi connectivity index (χ1) is 12.8. The van der Waals surface area contributed by atoms with Crippen LogP contribution in [0, 0.1) is 21.7 Å². The minimum absolute atomic E-state index is 0.0339. The van der Waals surface area contributed by atoms with Gasteiger partial charge in [-0.05, 0) is 24.6 Å². The molecule has 0 bridgehead atoms. The first-order valence-electron chi connectivity index (χ1n) is 8.26. The first kappa shape index (κ1) is 18.5. The molecule has 0 spiro atoms. The molecule has 0 saturated heterocycles. The molecule has 27 heavy (non-hydrogen) atoms. The zero-order valence-electron chi connectivity index (χ0n) is 14.3. The number of furan rings is 1. The van der Waals surface area contributed by atoms with Crippen LogP contribution in [0.25, 0.3) is 11.0 Å². The first-order valence-corrected chi connectivity index (χ1v) is 8.26. The lowest BCUT2D eigenvalue weighted by molar-refractivity contribution is -0.384. The van der Waals surface area contributed by atoms with Crippen molar-refractivity contribution in [3.63, 3.8) is 0 Å². The fourth-order valence-corrected chi connectivity index (χ4v) is 2.85. The Labute approximate surface area is 152 Å². The number of aromatic hydroxyl groups is 1. The summed E-state index contributed by atoms with van der Waals surface area (Å²) in [7, 11) is 0. The number of carbonyl (C=O) groups excluding carboxylic acids is 1. The largest absolute Gasteiger partial charge is 0.503 e. The van der Waals surface area contributed by atoms with Gasteiger partial charge in [0.05, 0.1) is 10.5 Å². The van der Waals surface area contributed by atoms with Gasteiger partial charge in [-0.3, -0.25) is 14.9 Å². The molecule has 3 rings (SSSR count). The third-order valence-electron chi connectivity index (χ3n) is 4.22. The zero-order valence-corrected chi connectivity index (χ0v) is 14.3. The van der Waals surface area contributed by atoms with E-state index in [4.69, 9.17) is 4.42 Å². The predicted octanol–water partition coefficient (Wildman–Crippen LogP) is 4.90. The summed E-state index contributed by atoms with van der Waals surface area (Å²) in [6.45, 7) is 1.94. The van der Waals surface area contributed by atoms with Crippen molar-refractivity contribution in [3.8, 4) is 5.75 Å². The number of hydrogen-bond donors (Lipinski definition) is 1. The van der Waals surface area contributed by atoms with Gasteiger partial charge in [0.25, 0.3) is 5.69 Å². The van der Waals surface area contributed by atoms with Crippen molar-refractivity contribution in [2.24, 2.45) is 0 Å². The molecule has 2 aromatic carbocycles. The maximum absolute atomic E-state index is 13.7. The second-order valence-electron chi connectivity index (χ2n) is 6.06. The van der Waals surface area contributed by atoms with Crippen LogP contribution < -0.4 is 0 Å². The second kappa shape index (κ2) is 7.14. The lowest BCUT2D eigenvalue weighted by atomic mass is 9.97. The number of carbonyl (C=O) groups is 1. The van der Waals surface area contributed by atoms with Crippen LogP contribution in [0.15, 0.2) is 34.7 Å². The molecule has 1 heterocycles. The number of phenolic OH excluding ortho intramolecular Hbond substituents is 1. The summed E-state index contributed by atoms with van der Waals surface area (Å²) in [6.07, 6.45) is 1.90. The van der Waals surface area contributed by atoms with Crippen LogP contribution >= 0.6 is 0 Å². The van der Waals surface area contributed by atoms with E-state index in [2.05, 4.69) is 0 Å². The molecule has 0 radical (unpaired) electrons. The predicted molar refractivity (Wildman–Crippen MR) is 92.9 cm³/mol. The topological polar surface area (TPSA) is 93.6 Å². The minimum atomic E-state index is -1.27. The van der Waals surface area contributed by atoms with Crippen molar-refractivity contribution in [1.29, 1.82) is 0 Å². The Balaban J connectivity index is 2.21. The number of benzene rings is 2. The van der Waals surface area contributed by atoms with E-state index in [-0.39, 0.29) is 27.8 Å². The number of ketones is 1. The summed E-state index contributed by atoms with van der Waals surface area (Å²) >= 11 is 0. The van der Waals surface area contributed by atoms with Crippen LogP contribution in [-0.4, -0.2) is 15.8 Å². The van der Waals surface area contributed by atoms with Gasteiger partial charge in [0.2, 0.25) is 0 Å². The summed E-state index contributed by atoms with van der Waals surface area (Å²) in [5, 5.41) is 20.5. The van der Waals surface area contributed by atoms with Gasteiger partial charge < -0.3 is 9.52 Å². The van der Waals surface area contributed by atoms with Gasteiger partial charge in [0, 0.05) is 29.5 Å². The van der Waals surface area contributed by atoms with Crippen molar-refractivity contribution in [1.82, 2.24) is 0 Å². The normalized spacial score (nSPS) is 11.1. The van der Waals surface area contributed by atoms with Gasteiger partial charge in [-0.25, -0.2) is 8.78 Å². The molecule has 8 heteroatoms. The summed E-state index contributed by atoms with van der Waals surface area (Å²) in [6, 6.07) is 5.29. The Morgan fingerprint density at radius 2 is 1.89 bits per heavy atom. The van der Waals surface area contributed by atoms with Gasteiger partial charge in [0.15, 0.2) is 23.2 Å². The molecule has 1 N–H and O–H groups in total. The molecule has 0 atom stereocenters. The number of nitro groups is 1. The van der Waals surface area contributed by atoms with Crippen molar-refractivity contribution < 1.29 is 28.0 Å². The molecule has 0 unspecified atom stereocenters. The maximum Gasteiger partial charge on any atom is 0.270 e. The number of non-ortho nitro benzene ring substituents is 1. The summed E-state index contributed by atoms with van der Waals surface area (Å²) in [4.78, 5) is 23.4. The SMILES string of the molecule is CCCCc1oc2ccc([N+](=O)[O-])cc2c1C(=O)c1cc(F)c(O)c(F)c1. The third-order valence-corrected chi connectivity index (χ3v) is 4.22. The smallest absolute Gasteiger partial charge is 0.270 e. The van der Waals surface area contributed by atoms with Crippen LogP contribution in [-0.2, 0) is 6.42 Å². The number of rotatable bonds is 6. The standard InChI is InChI=1S/C19H15F2NO5/c1-2-3-4-16-17(12-9-11(22(25)26)5-6-15(12)27-16)18(23)10-7-13(20)19(24)14(21)8-10/h5-9,24H,2-4H2,1H3. The molecule has 0 aliphatic carbocycles. The van der Waals surface area contributed by atoms with Crippen molar-refractivity contribution in [2.75, 3.05) is 0 Å². The van der Waals surface area contributed by atoms with E-state index in [1.54, 1.807) is 0 Å². The number of halogens is 2. The number of hydrogen-bond acceptors (Lipinski definition) is 5. The maximum atomic E-state index is 13.7. The fraction of sp³-hybridized carbons (Fsp3) is 0.211. The van der Waals surface area contributed by atoms with E-state index >= 15 is 0 Å². The Hall–Kier alpha value is -3.29. The quantitative estimate of drug-likeness (QED) is 0.376. The zero-order chi connectivity index (χ0) is 19.7. The average Bonchev–Trinajstić information content (AvgIpc) is 3.00. The van der Waals surface area contributed by atoms with Crippen LogP contribution in [0.3, 0.4) is 0 Å². The van der Waals surface area contributed by atoms with Gasteiger partial charge in [-0.1, -0.05) is 13.3 Å². The van der Waals surface area contributed by atoms with E-state index < -0.39 is 28.1 Å². The van der Waals surface area contributed by atoms with Crippen LogP contribution in [0.5, 0.6) is 5.75 Å². The highest BCUT2D eigenvalue weighted by Gasteiger charge is 2.25. The molecule has 0 aliphatic heterocycles. The number of nitro benzene ring substituents is 1. The molecule has 3 aromatic rings. The van der Waals surface area contributed by atoms with E-state index in [0.29, 0.717) is 18.6 Å². The Morgan fingerprint density at radius 1 is 1.22 bits per heavy atom. The number of fused-ring (bicyclic) bond motifs is 1. The van der Waals surface area contributed by atoms with Gasteiger partial charge >= 0.3 is 0 Å². The molecule has 0 aliphatic rings. The lowest BCUT2D eigenvalue weighted by Crippen LogP contribution is -2.05. The summed E-state index contributed by atoms with van der Waals surface area (Å²) < 4.78 is 33.0. The number of unbranched alkanes of at least 4 members (excludes halogenated alkanes) is 1. The van der Waals surface area contributed by atoms with Crippen LogP contribution in [0.1, 0.15) is 41.4 Å². The molecule has 6 nitrogen and oxygen atoms in total. The van der Waals surface area contributed by atoms with Crippen molar-refractivity contribution in [3.05, 3.63) is 69.0 Å².